The first-order chi connectivity index (χ1) is 6.38. The molecule has 0 saturated heterocycles. The Morgan fingerprint density at radius 2 is 2.00 bits per heavy atom. The number of anilines is 1. The Bertz CT molecular complexity index is 316. The Labute approximate surface area is 93.8 Å². The molecule has 0 atom stereocenters. The van der Waals surface area contributed by atoms with Gasteiger partial charge in [0.05, 0.1) is 0 Å². The van der Waals surface area contributed by atoms with Gasteiger partial charge in [0.25, 0.3) is 0 Å². The van der Waals surface area contributed by atoms with Crippen LogP contribution >= 0.6 is 15.9 Å². The molecule has 1 aromatic rings. The molecule has 0 unspecified atom stereocenters. The molecular formula is C11H17BrN2. The second-order valence-corrected chi connectivity index (χ2v) is 5.20. The zero-order chi connectivity index (χ0) is 10.8. The highest BCUT2D eigenvalue weighted by Crippen LogP contribution is 2.21. The van der Waals surface area contributed by atoms with Crippen LogP contribution in [0.1, 0.15) is 25.8 Å². The first-order valence-electron chi connectivity index (χ1n) is 4.71. The summed E-state index contributed by atoms with van der Waals surface area (Å²) in [5.74, 6) is 0. The van der Waals surface area contributed by atoms with Gasteiger partial charge in [0, 0.05) is 15.7 Å². The zero-order valence-electron chi connectivity index (χ0n) is 8.68. The Morgan fingerprint density at radius 1 is 1.36 bits per heavy atom. The lowest BCUT2D eigenvalue weighted by atomic mass is 9.96. The van der Waals surface area contributed by atoms with E-state index in [-0.39, 0.29) is 5.54 Å². The quantitative estimate of drug-likeness (QED) is 0.818. The SMILES string of the molecule is CC(C)(N)CCc1ccc(Br)c(N)c1. The van der Waals surface area contributed by atoms with E-state index >= 15 is 0 Å². The maximum absolute atomic E-state index is 5.91. The van der Waals surface area contributed by atoms with E-state index in [2.05, 4.69) is 22.0 Å². The van der Waals surface area contributed by atoms with Crippen LogP contribution in [0.4, 0.5) is 5.69 Å². The first-order valence-corrected chi connectivity index (χ1v) is 5.50. The molecule has 0 aromatic heterocycles. The second kappa shape index (κ2) is 4.32. The van der Waals surface area contributed by atoms with Crippen LogP contribution in [-0.2, 0) is 6.42 Å². The number of rotatable bonds is 3. The number of hydrogen-bond donors (Lipinski definition) is 2. The van der Waals surface area contributed by atoms with Gasteiger partial charge in [0.1, 0.15) is 0 Å². The van der Waals surface area contributed by atoms with E-state index < -0.39 is 0 Å². The summed E-state index contributed by atoms with van der Waals surface area (Å²) < 4.78 is 0.952. The molecule has 0 saturated carbocycles. The van der Waals surface area contributed by atoms with Gasteiger partial charge >= 0.3 is 0 Å². The molecule has 0 aliphatic rings. The van der Waals surface area contributed by atoms with E-state index in [1.807, 2.05) is 26.0 Å². The molecule has 0 aliphatic heterocycles. The predicted octanol–water partition coefficient (Wildman–Crippen LogP) is 2.70. The van der Waals surface area contributed by atoms with Gasteiger partial charge in [-0.05, 0) is 60.3 Å². The summed E-state index contributed by atoms with van der Waals surface area (Å²) in [6.45, 7) is 4.07. The second-order valence-electron chi connectivity index (χ2n) is 4.34. The molecule has 0 radical (unpaired) electrons. The van der Waals surface area contributed by atoms with E-state index in [0.717, 1.165) is 23.0 Å². The maximum atomic E-state index is 5.91. The maximum Gasteiger partial charge on any atom is 0.0461 e. The third kappa shape index (κ3) is 3.68. The van der Waals surface area contributed by atoms with Gasteiger partial charge < -0.3 is 11.5 Å². The van der Waals surface area contributed by atoms with Crippen LogP contribution in [-0.4, -0.2) is 5.54 Å². The van der Waals surface area contributed by atoms with E-state index in [9.17, 15) is 0 Å². The molecule has 0 fully saturated rings. The fraction of sp³-hybridized carbons (Fsp3) is 0.455. The topological polar surface area (TPSA) is 52.0 Å². The summed E-state index contributed by atoms with van der Waals surface area (Å²) in [5.41, 5.74) is 13.6. The minimum absolute atomic E-state index is 0.109. The lowest BCUT2D eigenvalue weighted by Gasteiger charge is -2.18. The minimum atomic E-state index is -0.109. The van der Waals surface area contributed by atoms with Gasteiger partial charge in [-0.3, -0.25) is 0 Å². The van der Waals surface area contributed by atoms with Crippen molar-refractivity contribution in [3.8, 4) is 0 Å². The van der Waals surface area contributed by atoms with E-state index in [1.54, 1.807) is 0 Å². The molecule has 0 amide bonds. The van der Waals surface area contributed by atoms with Gasteiger partial charge in [-0.2, -0.15) is 0 Å². The molecule has 0 spiro atoms. The van der Waals surface area contributed by atoms with Crippen molar-refractivity contribution in [3.63, 3.8) is 0 Å². The van der Waals surface area contributed by atoms with Crippen LogP contribution in [0.15, 0.2) is 22.7 Å². The summed E-state index contributed by atoms with van der Waals surface area (Å²) in [7, 11) is 0. The van der Waals surface area contributed by atoms with Crippen molar-refractivity contribution in [2.24, 2.45) is 5.73 Å². The van der Waals surface area contributed by atoms with Crippen molar-refractivity contribution in [2.75, 3.05) is 5.73 Å². The molecule has 2 nitrogen and oxygen atoms in total. The van der Waals surface area contributed by atoms with Crippen LogP contribution in [0, 0.1) is 0 Å². The highest BCUT2D eigenvalue weighted by Gasteiger charge is 2.10. The molecule has 3 heteroatoms. The van der Waals surface area contributed by atoms with Gasteiger partial charge in [0.2, 0.25) is 0 Å². The third-order valence-electron chi connectivity index (χ3n) is 2.12. The van der Waals surface area contributed by atoms with Gasteiger partial charge in [-0.25, -0.2) is 0 Å². The third-order valence-corrected chi connectivity index (χ3v) is 2.84. The molecule has 1 aromatic carbocycles. The Hall–Kier alpha value is -0.540. The van der Waals surface area contributed by atoms with Crippen molar-refractivity contribution in [3.05, 3.63) is 28.2 Å². The van der Waals surface area contributed by atoms with Crippen LogP contribution in [0.5, 0.6) is 0 Å². The Balaban J connectivity index is 2.65. The average Bonchev–Trinajstić information content (AvgIpc) is 2.06. The summed E-state index contributed by atoms with van der Waals surface area (Å²) >= 11 is 3.37. The van der Waals surface area contributed by atoms with Gasteiger partial charge in [-0.1, -0.05) is 6.07 Å². The summed E-state index contributed by atoms with van der Waals surface area (Å²) in [4.78, 5) is 0. The van der Waals surface area contributed by atoms with Crippen molar-refractivity contribution >= 4 is 21.6 Å². The number of hydrogen-bond acceptors (Lipinski definition) is 2. The lowest BCUT2D eigenvalue weighted by Crippen LogP contribution is -2.32. The summed E-state index contributed by atoms with van der Waals surface area (Å²) in [5, 5.41) is 0. The molecule has 0 bridgehead atoms. The molecular weight excluding hydrogens is 240 g/mol. The van der Waals surface area contributed by atoms with Crippen molar-refractivity contribution in [1.82, 2.24) is 0 Å². The monoisotopic (exact) mass is 256 g/mol. The van der Waals surface area contributed by atoms with Crippen molar-refractivity contribution in [2.45, 2.75) is 32.2 Å². The largest absolute Gasteiger partial charge is 0.398 e. The van der Waals surface area contributed by atoms with Gasteiger partial charge in [0.15, 0.2) is 0 Å². The minimum Gasteiger partial charge on any atom is -0.398 e. The summed E-state index contributed by atoms with van der Waals surface area (Å²) in [6.07, 6.45) is 1.94. The van der Waals surface area contributed by atoms with E-state index in [0.29, 0.717) is 0 Å². The van der Waals surface area contributed by atoms with Crippen LogP contribution in [0.3, 0.4) is 0 Å². The van der Waals surface area contributed by atoms with Crippen LogP contribution in [0.2, 0.25) is 0 Å². The first kappa shape index (κ1) is 11.5. The molecule has 14 heavy (non-hydrogen) atoms. The number of nitrogen functional groups attached to an aromatic ring is 1. The summed E-state index contributed by atoms with van der Waals surface area (Å²) in [6, 6.07) is 6.05. The van der Waals surface area contributed by atoms with Crippen LogP contribution < -0.4 is 11.5 Å². The Morgan fingerprint density at radius 3 is 2.50 bits per heavy atom. The predicted molar refractivity (Wildman–Crippen MR) is 65.1 cm³/mol. The van der Waals surface area contributed by atoms with Crippen molar-refractivity contribution in [1.29, 1.82) is 0 Å². The lowest BCUT2D eigenvalue weighted by molar-refractivity contribution is 0.477. The van der Waals surface area contributed by atoms with Crippen molar-refractivity contribution < 1.29 is 0 Å². The highest BCUT2D eigenvalue weighted by atomic mass is 79.9. The number of nitrogens with two attached hydrogens (primary N) is 2. The zero-order valence-corrected chi connectivity index (χ0v) is 10.3. The number of aryl methyl sites for hydroxylation is 1. The van der Waals surface area contributed by atoms with Gasteiger partial charge in [-0.15, -0.1) is 0 Å². The number of benzene rings is 1. The molecule has 0 heterocycles. The van der Waals surface area contributed by atoms with Crippen LogP contribution in [0.25, 0.3) is 0 Å². The Kier molecular flexibility index (Phi) is 3.56. The van der Waals surface area contributed by atoms with E-state index in [1.165, 1.54) is 5.56 Å². The fourth-order valence-electron chi connectivity index (χ4n) is 1.22. The molecule has 1 rings (SSSR count). The smallest absolute Gasteiger partial charge is 0.0461 e. The molecule has 4 N–H and O–H groups in total. The van der Waals surface area contributed by atoms with E-state index in [4.69, 9.17) is 11.5 Å². The standard InChI is InChI=1S/C11H17BrN2/c1-11(2,14)6-5-8-3-4-9(12)10(13)7-8/h3-4,7H,5-6,13-14H2,1-2H3. The molecule has 0 aliphatic carbocycles. The molecule has 78 valence electrons. The normalized spacial score (nSPS) is 11.7. The fourth-order valence-corrected chi connectivity index (χ4v) is 1.46. The average molecular weight is 257 g/mol. The highest BCUT2D eigenvalue weighted by molar-refractivity contribution is 9.10. The number of halogens is 1.